The number of benzene rings is 1. The van der Waals surface area contributed by atoms with Gasteiger partial charge in [0.15, 0.2) is 18.2 Å². The number of quaternary nitrogens is 1. The van der Waals surface area contributed by atoms with E-state index in [9.17, 15) is 14.7 Å². The Morgan fingerprint density at radius 1 is 1.06 bits per heavy atom. The van der Waals surface area contributed by atoms with Crippen LogP contribution in [0.4, 0.5) is 0 Å². The summed E-state index contributed by atoms with van der Waals surface area (Å²) in [4.78, 5) is 25.0. The number of hydrogen-bond acceptors (Lipinski definition) is 5. The molecule has 33 heavy (non-hydrogen) atoms. The summed E-state index contributed by atoms with van der Waals surface area (Å²) in [6.45, 7) is 3.72. The van der Waals surface area contributed by atoms with E-state index >= 15 is 0 Å². The number of likely N-dealkylation sites (N-methyl/N-ethyl adjacent to an activating group) is 1. The first-order valence-corrected chi connectivity index (χ1v) is 10.4. The topological polar surface area (TPSA) is 72.8 Å². The fourth-order valence-electron chi connectivity index (χ4n) is 4.69. The molecule has 2 aliphatic rings. The first-order valence-electron chi connectivity index (χ1n) is 10.4. The normalized spacial score (nSPS) is 23.2. The van der Waals surface area contributed by atoms with Crippen molar-refractivity contribution in [1.29, 1.82) is 0 Å². The number of esters is 2. The van der Waals surface area contributed by atoms with Crippen LogP contribution in [0.1, 0.15) is 74.3 Å². The van der Waals surface area contributed by atoms with E-state index in [0.717, 1.165) is 32.2 Å². The van der Waals surface area contributed by atoms with Gasteiger partial charge in [0.05, 0.1) is 20.2 Å². The number of carbonyl (C=O) groups is 2. The van der Waals surface area contributed by atoms with Crippen molar-refractivity contribution in [2.24, 2.45) is 5.92 Å². The van der Waals surface area contributed by atoms with Crippen molar-refractivity contribution in [3.8, 4) is 0 Å². The van der Waals surface area contributed by atoms with E-state index in [0.29, 0.717) is 29.6 Å². The number of rotatable bonds is 7. The maximum Gasteiger partial charge on any atom is 0.361 e. The Kier molecular flexibility index (Phi) is 16.9. The summed E-state index contributed by atoms with van der Waals surface area (Å²) in [5.41, 5.74) is -1.00. The van der Waals surface area contributed by atoms with Gasteiger partial charge in [-0.1, -0.05) is 72.9 Å². The van der Waals surface area contributed by atoms with E-state index in [-0.39, 0.29) is 71.2 Å². The minimum atomic E-state index is -1.61. The first kappa shape index (κ1) is 36.1. The highest BCUT2D eigenvalue weighted by atomic mass is 79.9. The molecule has 3 unspecified atom stereocenters. The van der Waals surface area contributed by atoms with Gasteiger partial charge >= 0.3 is 11.9 Å². The van der Waals surface area contributed by atoms with Crippen LogP contribution in [0.25, 0.3) is 0 Å². The number of ether oxygens (including phenoxy) is 2. The van der Waals surface area contributed by atoms with E-state index in [2.05, 4.69) is 0 Å². The van der Waals surface area contributed by atoms with Gasteiger partial charge < -0.3 is 36.0 Å². The van der Waals surface area contributed by atoms with Crippen LogP contribution < -0.4 is 17.0 Å². The highest BCUT2D eigenvalue weighted by Crippen LogP contribution is 2.42. The van der Waals surface area contributed by atoms with Gasteiger partial charge in [0.1, 0.15) is 6.54 Å². The summed E-state index contributed by atoms with van der Waals surface area (Å²) in [5, 5.41) is 11.5. The summed E-state index contributed by atoms with van der Waals surface area (Å²) in [6, 6.07) is 9.15. The Hall–Kier alpha value is -1.44. The van der Waals surface area contributed by atoms with Crippen molar-refractivity contribution < 1.29 is 45.6 Å². The zero-order valence-corrected chi connectivity index (χ0v) is 18.9. The SMILES string of the molecule is C.C.C.C.CCOC(=O)C[N+]1(C)CCC(OC(=O)C(O)(c2ccccc2)C2CCCC2)C1.[Br-]. The first-order chi connectivity index (χ1) is 13.4. The van der Waals surface area contributed by atoms with Gasteiger partial charge in [-0.2, -0.15) is 0 Å². The molecule has 0 spiro atoms. The molecule has 0 bridgehead atoms. The average molecular weight is 535 g/mol. The summed E-state index contributed by atoms with van der Waals surface area (Å²) in [7, 11) is 1.98. The number of nitrogens with zero attached hydrogens (tertiary/aromatic N) is 1. The molecular weight excluding hydrogens is 486 g/mol. The van der Waals surface area contributed by atoms with Gasteiger partial charge in [0.2, 0.25) is 0 Å². The molecule has 1 aromatic rings. The number of aliphatic hydroxyl groups is 1. The van der Waals surface area contributed by atoms with Crippen LogP contribution in [0.3, 0.4) is 0 Å². The minimum absolute atomic E-state index is 0. The number of likely N-dealkylation sites (tertiary alicyclic amines) is 1. The molecule has 1 saturated carbocycles. The summed E-state index contributed by atoms with van der Waals surface area (Å²) in [5.74, 6) is -0.909. The molecule has 1 aromatic carbocycles. The van der Waals surface area contributed by atoms with Crippen molar-refractivity contribution in [1.82, 2.24) is 0 Å². The van der Waals surface area contributed by atoms with Crippen LogP contribution in [0.2, 0.25) is 0 Å². The number of carbonyl (C=O) groups excluding carboxylic acids is 2. The van der Waals surface area contributed by atoms with Gasteiger partial charge in [-0.15, -0.1) is 0 Å². The Balaban J connectivity index is -0.00000180. The molecule has 1 saturated heterocycles. The third-order valence-corrected chi connectivity index (χ3v) is 6.20. The lowest BCUT2D eigenvalue weighted by Gasteiger charge is -2.33. The van der Waals surface area contributed by atoms with Crippen molar-refractivity contribution in [3.63, 3.8) is 0 Å². The van der Waals surface area contributed by atoms with E-state index in [1.807, 2.05) is 25.2 Å². The molecule has 0 amide bonds. The lowest BCUT2D eigenvalue weighted by atomic mass is 9.80. The third kappa shape index (κ3) is 8.37. The molecule has 0 aromatic heterocycles. The molecule has 0 radical (unpaired) electrons. The Labute approximate surface area is 213 Å². The molecule has 3 atom stereocenters. The van der Waals surface area contributed by atoms with Crippen LogP contribution in [0.15, 0.2) is 30.3 Å². The minimum Gasteiger partial charge on any atom is -1.00 e. The Morgan fingerprint density at radius 2 is 1.64 bits per heavy atom. The second-order valence-electron chi connectivity index (χ2n) is 8.42. The van der Waals surface area contributed by atoms with Gasteiger partial charge in [-0.3, -0.25) is 0 Å². The molecule has 194 valence electrons. The summed E-state index contributed by atoms with van der Waals surface area (Å²) >= 11 is 0. The van der Waals surface area contributed by atoms with Crippen LogP contribution in [0, 0.1) is 5.92 Å². The van der Waals surface area contributed by atoms with Gasteiger partial charge in [-0.05, 0) is 25.3 Å². The fraction of sp³-hybridized carbons (Fsp3) is 0.692. The molecule has 7 heteroatoms. The highest BCUT2D eigenvalue weighted by molar-refractivity contribution is 5.81. The van der Waals surface area contributed by atoms with Gasteiger partial charge in [0, 0.05) is 12.3 Å². The number of hydrogen-bond donors (Lipinski definition) is 1. The van der Waals surface area contributed by atoms with E-state index in [4.69, 9.17) is 9.47 Å². The molecule has 1 N–H and O–H groups in total. The quantitative estimate of drug-likeness (QED) is 0.428. The monoisotopic (exact) mass is 533 g/mol. The lowest BCUT2D eigenvalue weighted by Crippen LogP contribution is -3.00. The van der Waals surface area contributed by atoms with Crippen molar-refractivity contribution >= 4 is 11.9 Å². The van der Waals surface area contributed by atoms with Crippen molar-refractivity contribution in [2.75, 3.05) is 33.3 Å². The van der Waals surface area contributed by atoms with E-state index in [1.54, 1.807) is 19.1 Å². The van der Waals surface area contributed by atoms with Crippen LogP contribution in [-0.4, -0.2) is 60.9 Å². The maximum atomic E-state index is 13.2. The van der Waals surface area contributed by atoms with E-state index in [1.165, 1.54) is 0 Å². The second kappa shape index (κ2) is 15.5. The predicted molar refractivity (Wildman–Crippen MR) is 131 cm³/mol. The molecule has 1 aliphatic carbocycles. The zero-order valence-electron chi connectivity index (χ0n) is 17.3. The molecule has 3 rings (SSSR count). The molecule has 6 nitrogen and oxygen atoms in total. The largest absolute Gasteiger partial charge is 1.00 e. The summed E-state index contributed by atoms with van der Waals surface area (Å²) < 4.78 is 11.4. The molecule has 1 aliphatic heterocycles. The lowest BCUT2D eigenvalue weighted by molar-refractivity contribution is -0.891. The third-order valence-electron chi connectivity index (χ3n) is 6.20. The number of halogens is 1. The van der Waals surface area contributed by atoms with Gasteiger partial charge in [0.25, 0.3) is 0 Å². The van der Waals surface area contributed by atoms with E-state index < -0.39 is 11.6 Å². The smallest absolute Gasteiger partial charge is 0.361 e. The zero-order chi connectivity index (χ0) is 20.2. The molecule has 2 fully saturated rings. The summed E-state index contributed by atoms with van der Waals surface area (Å²) in [6.07, 6.45) is 4.06. The second-order valence-corrected chi connectivity index (χ2v) is 8.42. The van der Waals surface area contributed by atoms with Crippen LogP contribution in [-0.2, 0) is 24.7 Å². The maximum absolute atomic E-state index is 13.2. The van der Waals surface area contributed by atoms with Crippen LogP contribution in [0.5, 0.6) is 0 Å². The van der Waals surface area contributed by atoms with Crippen molar-refractivity contribution in [2.45, 2.75) is 80.4 Å². The standard InChI is InChI=1S/C22H32NO5.4CH4.BrH/c1-3-27-20(24)16-23(2)14-13-19(15-23)28-21(25)22(26,18-11-7-8-12-18)17-9-5-4-6-10-17;;;;;/h4-6,9-10,18-19,26H,3,7-8,11-16H2,1-2H3;4*1H4;1H/q+1;;;;;/p-1. The fourth-order valence-corrected chi connectivity index (χ4v) is 4.69. The molecule has 1 heterocycles. The predicted octanol–water partition coefficient (Wildman–Crippen LogP) is 1.94. The Morgan fingerprint density at radius 3 is 2.18 bits per heavy atom. The highest BCUT2D eigenvalue weighted by Gasteiger charge is 2.50. The van der Waals surface area contributed by atoms with Crippen LogP contribution >= 0.6 is 0 Å². The average Bonchev–Trinajstić information content (AvgIpc) is 3.32. The molecular formula is C26H48BrNO5. The van der Waals surface area contributed by atoms with Crippen molar-refractivity contribution in [3.05, 3.63) is 35.9 Å². The van der Waals surface area contributed by atoms with Gasteiger partial charge in [-0.25, -0.2) is 9.59 Å². The Bertz CT molecular complexity index is 695.